The largest absolute Gasteiger partial charge is 0.455 e. The van der Waals surface area contributed by atoms with Crippen LogP contribution in [0.3, 0.4) is 0 Å². The lowest BCUT2D eigenvalue weighted by Crippen LogP contribution is -2.04. The number of hydrogen-bond donors (Lipinski definition) is 1. The SMILES string of the molecule is C[C@@H]1CC=CC=C1c1c(CO)cc(Br)c2c1oc1ccccc12. The van der Waals surface area contributed by atoms with E-state index in [1.807, 2.05) is 24.3 Å². The third kappa shape index (κ3) is 2.27. The van der Waals surface area contributed by atoms with E-state index in [1.165, 1.54) is 5.57 Å². The highest BCUT2D eigenvalue weighted by Crippen LogP contribution is 2.43. The first-order chi connectivity index (χ1) is 11.2. The highest BCUT2D eigenvalue weighted by molar-refractivity contribution is 9.10. The van der Waals surface area contributed by atoms with Gasteiger partial charge in [0.1, 0.15) is 11.2 Å². The predicted octanol–water partition coefficient (Wildman–Crippen LogP) is 5.82. The van der Waals surface area contributed by atoms with Gasteiger partial charge in [-0.25, -0.2) is 0 Å². The molecule has 2 nitrogen and oxygen atoms in total. The van der Waals surface area contributed by atoms with Crippen molar-refractivity contribution in [3.63, 3.8) is 0 Å². The standard InChI is InChI=1S/C20H17BrO2/c1-12-6-2-3-7-14(12)18-13(11-22)10-16(21)19-15-8-4-5-9-17(15)23-20(18)19/h2-5,7-10,12,22H,6,11H2,1H3/t12-/m1/s1. The van der Waals surface area contributed by atoms with Gasteiger partial charge in [-0.3, -0.25) is 0 Å². The number of furan rings is 1. The summed E-state index contributed by atoms with van der Waals surface area (Å²) in [6, 6.07) is 10.1. The van der Waals surface area contributed by atoms with Crippen molar-refractivity contribution in [2.75, 3.05) is 0 Å². The second-order valence-corrected chi connectivity index (χ2v) is 6.89. The van der Waals surface area contributed by atoms with Crippen molar-refractivity contribution < 1.29 is 9.52 Å². The Bertz CT molecular complexity index is 963. The van der Waals surface area contributed by atoms with E-state index in [-0.39, 0.29) is 6.61 Å². The van der Waals surface area contributed by atoms with Crippen LogP contribution in [0, 0.1) is 5.92 Å². The van der Waals surface area contributed by atoms with E-state index >= 15 is 0 Å². The molecule has 1 aromatic heterocycles. The minimum Gasteiger partial charge on any atom is -0.455 e. The highest BCUT2D eigenvalue weighted by atomic mass is 79.9. The van der Waals surface area contributed by atoms with Crippen LogP contribution in [0.2, 0.25) is 0 Å². The Morgan fingerprint density at radius 2 is 2.13 bits per heavy atom. The Labute approximate surface area is 143 Å². The molecule has 0 aliphatic heterocycles. The number of halogens is 1. The lowest BCUT2D eigenvalue weighted by atomic mass is 9.85. The van der Waals surface area contributed by atoms with E-state index < -0.39 is 0 Å². The topological polar surface area (TPSA) is 33.4 Å². The molecule has 1 aliphatic rings. The first kappa shape index (κ1) is 14.7. The van der Waals surface area contributed by atoms with E-state index in [9.17, 15) is 5.11 Å². The Balaban J connectivity index is 2.15. The maximum Gasteiger partial charge on any atom is 0.144 e. The van der Waals surface area contributed by atoms with Gasteiger partial charge in [0.2, 0.25) is 0 Å². The van der Waals surface area contributed by atoms with E-state index in [1.54, 1.807) is 0 Å². The lowest BCUT2D eigenvalue weighted by molar-refractivity contribution is 0.281. The number of allylic oxidation sites excluding steroid dienone is 4. The first-order valence-electron chi connectivity index (χ1n) is 7.81. The van der Waals surface area contributed by atoms with Gasteiger partial charge in [0.25, 0.3) is 0 Å². The van der Waals surface area contributed by atoms with Gasteiger partial charge in [-0.2, -0.15) is 0 Å². The summed E-state index contributed by atoms with van der Waals surface area (Å²) in [6.07, 6.45) is 7.42. The molecule has 3 aromatic rings. The Kier molecular flexibility index (Phi) is 3.63. The van der Waals surface area contributed by atoms with Crippen molar-refractivity contribution in [1.29, 1.82) is 0 Å². The maximum atomic E-state index is 9.89. The van der Waals surface area contributed by atoms with Gasteiger partial charge in [0, 0.05) is 20.8 Å². The van der Waals surface area contributed by atoms with Crippen LogP contribution in [0.15, 0.2) is 57.4 Å². The van der Waals surface area contributed by atoms with Crippen LogP contribution in [0.5, 0.6) is 0 Å². The molecular weight excluding hydrogens is 352 g/mol. The molecule has 3 heteroatoms. The maximum absolute atomic E-state index is 9.89. The van der Waals surface area contributed by atoms with Crippen LogP contribution < -0.4 is 0 Å². The zero-order valence-corrected chi connectivity index (χ0v) is 14.4. The second-order valence-electron chi connectivity index (χ2n) is 6.04. The summed E-state index contributed by atoms with van der Waals surface area (Å²) in [5.74, 6) is 0.405. The molecule has 2 aromatic carbocycles. The quantitative estimate of drug-likeness (QED) is 0.618. The van der Waals surface area contributed by atoms with Crippen LogP contribution in [0.25, 0.3) is 27.5 Å². The summed E-state index contributed by atoms with van der Waals surface area (Å²) in [7, 11) is 0. The monoisotopic (exact) mass is 368 g/mol. The number of aliphatic hydroxyl groups excluding tert-OH is 1. The van der Waals surface area contributed by atoms with Crippen molar-refractivity contribution in [1.82, 2.24) is 0 Å². The third-order valence-corrected chi connectivity index (χ3v) is 5.20. The number of para-hydroxylation sites is 1. The first-order valence-corrected chi connectivity index (χ1v) is 8.60. The van der Waals surface area contributed by atoms with E-state index in [0.717, 1.165) is 44.0 Å². The van der Waals surface area contributed by atoms with Crippen molar-refractivity contribution in [3.8, 4) is 0 Å². The van der Waals surface area contributed by atoms with Gasteiger partial charge >= 0.3 is 0 Å². The molecule has 1 N–H and O–H groups in total. The fourth-order valence-corrected chi connectivity index (χ4v) is 4.09. The van der Waals surface area contributed by atoms with Crippen LogP contribution in [0.4, 0.5) is 0 Å². The molecule has 0 fully saturated rings. The summed E-state index contributed by atoms with van der Waals surface area (Å²) in [5, 5.41) is 12.1. The zero-order valence-electron chi connectivity index (χ0n) is 12.8. The third-order valence-electron chi connectivity index (χ3n) is 4.57. The van der Waals surface area contributed by atoms with Gasteiger partial charge in [-0.05, 0) is 35.6 Å². The average molecular weight is 369 g/mol. The highest BCUT2D eigenvalue weighted by Gasteiger charge is 2.23. The Morgan fingerprint density at radius 1 is 1.30 bits per heavy atom. The Morgan fingerprint density at radius 3 is 2.91 bits per heavy atom. The van der Waals surface area contributed by atoms with Gasteiger partial charge in [0.05, 0.1) is 6.61 Å². The molecule has 116 valence electrons. The molecule has 0 saturated carbocycles. The van der Waals surface area contributed by atoms with Crippen LogP contribution in [-0.2, 0) is 6.61 Å². The van der Waals surface area contributed by atoms with Gasteiger partial charge in [0.15, 0.2) is 0 Å². The molecular formula is C20H17BrO2. The van der Waals surface area contributed by atoms with Gasteiger partial charge in [-0.1, -0.05) is 59.3 Å². The number of fused-ring (bicyclic) bond motifs is 3. The number of aliphatic hydroxyl groups is 1. The predicted molar refractivity (Wildman–Crippen MR) is 98.2 cm³/mol. The molecule has 1 heterocycles. The van der Waals surface area contributed by atoms with Crippen molar-refractivity contribution in [2.45, 2.75) is 20.0 Å². The summed E-state index contributed by atoms with van der Waals surface area (Å²) >= 11 is 3.66. The summed E-state index contributed by atoms with van der Waals surface area (Å²) < 4.78 is 7.17. The average Bonchev–Trinajstić information content (AvgIpc) is 2.95. The second kappa shape index (κ2) is 5.66. The van der Waals surface area contributed by atoms with E-state index in [0.29, 0.717) is 5.92 Å². The molecule has 0 amide bonds. The van der Waals surface area contributed by atoms with Crippen LogP contribution >= 0.6 is 15.9 Å². The van der Waals surface area contributed by atoms with Crippen molar-refractivity contribution in [2.24, 2.45) is 5.92 Å². The molecule has 0 spiro atoms. The van der Waals surface area contributed by atoms with Crippen LogP contribution in [-0.4, -0.2) is 5.11 Å². The van der Waals surface area contributed by atoms with Gasteiger partial charge < -0.3 is 9.52 Å². The molecule has 4 rings (SSSR count). The summed E-state index contributed by atoms with van der Waals surface area (Å²) in [6.45, 7) is 2.21. The molecule has 0 radical (unpaired) electrons. The molecule has 0 bridgehead atoms. The minimum atomic E-state index is -0.00527. The normalized spacial score (nSPS) is 17.9. The molecule has 0 unspecified atom stereocenters. The zero-order chi connectivity index (χ0) is 16.0. The van der Waals surface area contributed by atoms with E-state index in [2.05, 4.69) is 47.1 Å². The smallest absolute Gasteiger partial charge is 0.144 e. The number of rotatable bonds is 2. The fourth-order valence-electron chi connectivity index (χ4n) is 3.42. The minimum absolute atomic E-state index is 0.00527. The fraction of sp³-hybridized carbons (Fsp3) is 0.200. The molecule has 1 atom stereocenters. The summed E-state index contributed by atoms with van der Waals surface area (Å²) in [5.41, 5.74) is 4.90. The van der Waals surface area contributed by atoms with Gasteiger partial charge in [-0.15, -0.1) is 0 Å². The van der Waals surface area contributed by atoms with Crippen LogP contribution in [0.1, 0.15) is 24.5 Å². The molecule has 1 aliphatic carbocycles. The Hall–Kier alpha value is -1.84. The van der Waals surface area contributed by atoms with Crippen molar-refractivity contribution in [3.05, 3.63) is 64.2 Å². The van der Waals surface area contributed by atoms with Crippen molar-refractivity contribution >= 4 is 43.4 Å². The van der Waals surface area contributed by atoms with E-state index in [4.69, 9.17) is 4.42 Å². The lowest BCUT2D eigenvalue weighted by Gasteiger charge is -2.20. The number of benzene rings is 2. The molecule has 23 heavy (non-hydrogen) atoms. The number of hydrogen-bond acceptors (Lipinski definition) is 2. The summed E-state index contributed by atoms with van der Waals surface area (Å²) in [4.78, 5) is 0. The molecule has 0 saturated heterocycles.